The lowest BCUT2D eigenvalue weighted by Crippen LogP contribution is -2.28. The summed E-state index contributed by atoms with van der Waals surface area (Å²) in [5.74, 6) is -0.500. The first-order valence-corrected chi connectivity index (χ1v) is 7.90. The molecule has 1 amide bonds. The maximum atomic E-state index is 12.3. The molecule has 0 radical (unpaired) electrons. The topological polar surface area (TPSA) is 127 Å². The van der Waals surface area contributed by atoms with Gasteiger partial charge in [0, 0.05) is 11.1 Å². The third-order valence-electron chi connectivity index (χ3n) is 4.16. The monoisotopic (exact) mass is 341 g/mol. The number of aromatic amines is 1. The zero-order chi connectivity index (χ0) is 18.1. The van der Waals surface area contributed by atoms with E-state index in [9.17, 15) is 14.7 Å². The number of carbonyl (C=O) groups excluding carboxylic acids is 1. The number of benzene rings is 1. The zero-order valence-corrected chi connectivity index (χ0v) is 13.9. The first-order valence-electron chi connectivity index (χ1n) is 7.90. The van der Waals surface area contributed by atoms with Crippen LogP contribution < -0.4 is 11.4 Å². The second-order valence-electron chi connectivity index (χ2n) is 6.17. The van der Waals surface area contributed by atoms with E-state index in [2.05, 4.69) is 15.0 Å². The van der Waals surface area contributed by atoms with Crippen LogP contribution in [0.4, 0.5) is 0 Å². The Kier molecular flexibility index (Phi) is 4.37. The number of nitrogens with zero attached hydrogens (tertiary/aromatic N) is 3. The third-order valence-corrected chi connectivity index (χ3v) is 4.16. The summed E-state index contributed by atoms with van der Waals surface area (Å²) < 4.78 is 1.43. The molecule has 8 heteroatoms. The Balaban J connectivity index is 2.18. The Morgan fingerprint density at radius 1 is 1.40 bits per heavy atom. The second kappa shape index (κ2) is 6.48. The smallest absolute Gasteiger partial charge is 0.329 e. The van der Waals surface area contributed by atoms with Crippen LogP contribution in [0.3, 0.4) is 0 Å². The Morgan fingerprint density at radius 2 is 2.16 bits per heavy atom. The molecule has 0 spiro atoms. The molecule has 8 nitrogen and oxygen atoms in total. The molecule has 3 aromatic rings. The number of carbonyl (C=O) groups is 1. The van der Waals surface area contributed by atoms with Crippen LogP contribution in [0.25, 0.3) is 22.6 Å². The van der Waals surface area contributed by atoms with Gasteiger partial charge in [-0.1, -0.05) is 26.0 Å². The van der Waals surface area contributed by atoms with Crippen molar-refractivity contribution >= 4 is 17.2 Å². The Bertz CT molecular complexity index is 989. The number of aromatic nitrogens is 4. The highest BCUT2D eigenvalue weighted by Crippen LogP contribution is 2.22. The van der Waals surface area contributed by atoms with Gasteiger partial charge in [-0.25, -0.2) is 14.8 Å². The predicted molar refractivity (Wildman–Crippen MR) is 93.1 cm³/mol. The molecule has 1 atom stereocenters. The fourth-order valence-corrected chi connectivity index (χ4v) is 2.76. The molecule has 0 aliphatic carbocycles. The molecule has 0 saturated carbocycles. The van der Waals surface area contributed by atoms with E-state index in [0.29, 0.717) is 28.1 Å². The summed E-state index contributed by atoms with van der Waals surface area (Å²) in [6.07, 6.45) is 1.52. The summed E-state index contributed by atoms with van der Waals surface area (Å²) in [4.78, 5) is 35.1. The van der Waals surface area contributed by atoms with Gasteiger partial charge in [-0.15, -0.1) is 0 Å². The van der Waals surface area contributed by atoms with E-state index in [1.807, 2.05) is 13.8 Å². The zero-order valence-electron chi connectivity index (χ0n) is 13.9. The molecule has 4 N–H and O–H groups in total. The van der Waals surface area contributed by atoms with Crippen molar-refractivity contribution in [3.05, 3.63) is 46.5 Å². The van der Waals surface area contributed by atoms with Crippen molar-refractivity contribution in [2.24, 2.45) is 11.7 Å². The molecule has 130 valence electrons. The molecule has 0 bridgehead atoms. The summed E-state index contributed by atoms with van der Waals surface area (Å²) in [5, 5.41) is 9.66. The first-order chi connectivity index (χ1) is 11.9. The number of nitrogens with one attached hydrogen (secondary N) is 1. The fraction of sp³-hybridized carbons (Fsp3) is 0.294. The highest BCUT2D eigenvalue weighted by atomic mass is 16.3. The Hall–Kier alpha value is -3.00. The quantitative estimate of drug-likeness (QED) is 0.640. The van der Waals surface area contributed by atoms with E-state index in [4.69, 9.17) is 5.73 Å². The maximum absolute atomic E-state index is 12.3. The average Bonchev–Trinajstić information content (AvgIpc) is 2.91. The number of amides is 1. The average molecular weight is 341 g/mol. The van der Waals surface area contributed by atoms with Gasteiger partial charge in [-0.2, -0.15) is 0 Å². The van der Waals surface area contributed by atoms with Crippen molar-refractivity contribution < 1.29 is 9.90 Å². The van der Waals surface area contributed by atoms with Gasteiger partial charge < -0.3 is 10.8 Å². The number of H-pyrrole nitrogens is 1. The number of aliphatic hydroxyl groups excluding tert-OH is 1. The number of nitrogens with two attached hydrogens (primary N) is 1. The summed E-state index contributed by atoms with van der Waals surface area (Å²) in [6, 6.07) is 6.31. The van der Waals surface area contributed by atoms with Gasteiger partial charge in [-0.05, 0) is 18.1 Å². The largest absolute Gasteiger partial charge is 0.394 e. The number of hydrogen-bond acceptors (Lipinski definition) is 5. The molecule has 25 heavy (non-hydrogen) atoms. The number of primary amides is 1. The molecule has 0 aliphatic heterocycles. The Labute approximate surface area is 143 Å². The SMILES string of the molecule is CC(C)[C@@H](CO)n1c(=O)[nH]c2ncc(-c3cccc(C(N)=O)c3)nc21. The standard InChI is InChI=1S/C17H19N5O3/c1-9(2)13(8-23)22-16-15(21-17(22)25)19-7-12(20-16)10-4-3-5-11(6-10)14(18)24/h3-7,9,13,23H,8H2,1-2H3,(H2,18,24)(H,19,21,25)/t13-/m1/s1. The third kappa shape index (κ3) is 3.03. The minimum Gasteiger partial charge on any atom is -0.394 e. The summed E-state index contributed by atoms with van der Waals surface area (Å²) in [6.45, 7) is 3.65. The van der Waals surface area contributed by atoms with Crippen LogP contribution in [0.5, 0.6) is 0 Å². The van der Waals surface area contributed by atoms with Crippen LogP contribution in [0.1, 0.15) is 30.2 Å². The van der Waals surface area contributed by atoms with Crippen LogP contribution in [-0.4, -0.2) is 37.1 Å². The lowest BCUT2D eigenvalue weighted by molar-refractivity contribution is 0.100. The van der Waals surface area contributed by atoms with E-state index >= 15 is 0 Å². The van der Waals surface area contributed by atoms with E-state index in [1.165, 1.54) is 10.8 Å². The fourth-order valence-electron chi connectivity index (χ4n) is 2.76. The normalized spacial score (nSPS) is 12.6. The second-order valence-corrected chi connectivity index (χ2v) is 6.17. The molecular formula is C17H19N5O3. The Morgan fingerprint density at radius 3 is 2.80 bits per heavy atom. The lowest BCUT2D eigenvalue weighted by Gasteiger charge is -2.19. The molecule has 2 heterocycles. The lowest BCUT2D eigenvalue weighted by atomic mass is 10.1. The van der Waals surface area contributed by atoms with Crippen LogP contribution in [0.15, 0.2) is 35.3 Å². The molecule has 3 rings (SSSR count). The number of rotatable bonds is 5. The molecule has 0 aliphatic rings. The van der Waals surface area contributed by atoms with Crippen LogP contribution in [0, 0.1) is 5.92 Å². The van der Waals surface area contributed by atoms with Crippen molar-refractivity contribution in [1.29, 1.82) is 0 Å². The molecular weight excluding hydrogens is 322 g/mol. The molecule has 0 unspecified atom stereocenters. The summed E-state index contributed by atoms with van der Waals surface area (Å²) >= 11 is 0. The van der Waals surface area contributed by atoms with Crippen LogP contribution >= 0.6 is 0 Å². The van der Waals surface area contributed by atoms with E-state index in [-0.39, 0.29) is 18.2 Å². The van der Waals surface area contributed by atoms with Gasteiger partial charge in [0.2, 0.25) is 5.91 Å². The number of hydrogen-bond donors (Lipinski definition) is 3. The van der Waals surface area contributed by atoms with Crippen molar-refractivity contribution in [3.8, 4) is 11.3 Å². The van der Waals surface area contributed by atoms with Crippen molar-refractivity contribution in [3.63, 3.8) is 0 Å². The first kappa shape index (κ1) is 16.8. The van der Waals surface area contributed by atoms with Crippen LogP contribution in [0.2, 0.25) is 0 Å². The van der Waals surface area contributed by atoms with Gasteiger partial charge in [0.05, 0.1) is 24.5 Å². The summed E-state index contributed by atoms with van der Waals surface area (Å²) in [5.41, 5.74) is 7.18. The molecule has 0 fully saturated rings. The van der Waals surface area contributed by atoms with Gasteiger partial charge in [0.25, 0.3) is 0 Å². The van der Waals surface area contributed by atoms with Gasteiger partial charge in [0.1, 0.15) is 0 Å². The number of fused-ring (bicyclic) bond motifs is 1. The van der Waals surface area contributed by atoms with Gasteiger partial charge in [0.15, 0.2) is 11.3 Å². The van der Waals surface area contributed by atoms with Crippen molar-refractivity contribution in [2.45, 2.75) is 19.9 Å². The minimum absolute atomic E-state index is 0.0327. The summed E-state index contributed by atoms with van der Waals surface area (Å²) in [7, 11) is 0. The van der Waals surface area contributed by atoms with E-state index in [0.717, 1.165) is 0 Å². The molecule has 0 saturated heterocycles. The number of aliphatic hydroxyl groups is 1. The van der Waals surface area contributed by atoms with Gasteiger partial charge >= 0.3 is 5.69 Å². The molecule has 2 aromatic heterocycles. The predicted octanol–water partition coefficient (Wildman–Crippen LogP) is 1.07. The van der Waals surface area contributed by atoms with Crippen molar-refractivity contribution in [2.75, 3.05) is 6.61 Å². The van der Waals surface area contributed by atoms with Crippen LogP contribution in [-0.2, 0) is 0 Å². The highest BCUT2D eigenvalue weighted by Gasteiger charge is 2.21. The molecule has 1 aromatic carbocycles. The highest BCUT2D eigenvalue weighted by molar-refractivity contribution is 5.94. The maximum Gasteiger partial charge on any atom is 0.329 e. The van der Waals surface area contributed by atoms with Gasteiger partial charge in [-0.3, -0.25) is 14.3 Å². The van der Waals surface area contributed by atoms with E-state index in [1.54, 1.807) is 24.3 Å². The van der Waals surface area contributed by atoms with E-state index < -0.39 is 11.9 Å². The number of imidazole rings is 1. The van der Waals surface area contributed by atoms with Crippen molar-refractivity contribution in [1.82, 2.24) is 19.5 Å². The minimum atomic E-state index is -0.533.